The van der Waals surface area contributed by atoms with Crippen molar-refractivity contribution in [2.45, 2.75) is 0 Å². The van der Waals surface area contributed by atoms with Crippen LogP contribution in [0.1, 0.15) is 10.4 Å². The minimum atomic E-state index is 0.188. The molecular weight excluding hydrogens is 341 g/mol. The van der Waals surface area contributed by atoms with Crippen LogP contribution in [0, 0.1) is 0 Å². The van der Waals surface area contributed by atoms with E-state index in [-0.39, 0.29) is 5.88 Å². The third kappa shape index (κ3) is 2.83. The van der Waals surface area contributed by atoms with Crippen molar-refractivity contribution in [2.75, 3.05) is 0 Å². The van der Waals surface area contributed by atoms with Crippen LogP contribution in [0.3, 0.4) is 0 Å². The zero-order valence-electron chi connectivity index (χ0n) is 8.86. The summed E-state index contributed by atoms with van der Waals surface area (Å²) in [6.45, 7) is 0. The number of halogens is 3. The Labute approximate surface area is 122 Å². The average Bonchev–Trinajstić information content (AvgIpc) is 2.36. The number of rotatable bonds is 3. The maximum Gasteiger partial charge on any atom is 0.229 e. The Hall–Kier alpha value is -1.10. The zero-order chi connectivity index (χ0) is 13.1. The summed E-state index contributed by atoms with van der Waals surface area (Å²) in [5.74, 6) is 0.527. The number of aldehydes is 1. The van der Waals surface area contributed by atoms with Gasteiger partial charge in [0.15, 0.2) is 6.29 Å². The SMILES string of the molecule is O=Cc1cccnc1Oc1cc(Cl)c(Br)cc1Cl. The summed E-state index contributed by atoms with van der Waals surface area (Å²) in [5.41, 5.74) is 0.340. The number of nitrogens with zero attached hydrogens (tertiary/aromatic N) is 1. The van der Waals surface area contributed by atoms with Gasteiger partial charge in [0.25, 0.3) is 0 Å². The highest BCUT2D eigenvalue weighted by molar-refractivity contribution is 9.10. The van der Waals surface area contributed by atoms with Crippen LogP contribution in [0.15, 0.2) is 34.9 Å². The largest absolute Gasteiger partial charge is 0.437 e. The van der Waals surface area contributed by atoms with E-state index in [2.05, 4.69) is 20.9 Å². The minimum Gasteiger partial charge on any atom is -0.437 e. The molecule has 0 bridgehead atoms. The molecule has 18 heavy (non-hydrogen) atoms. The Morgan fingerprint density at radius 2 is 2.06 bits per heavy atom. The van der Waals surface area contributed by atoms with Crippen LogP contribution in [0.25, 0.3) is 0 Å². The lowest BCUT2D eigenvalue weighted by Gasteiger charge is -2.09. The molecule has 2 rings (SSSR count). The van der Waals surface area contributed by atoms with E-state index in [1.807, 2.05) is 0 Å². The second kappa shape index (κ2) is 5.69. The lowest BCUT2D eigenvalue weighted by Crippen LogP contribution is -1.93. The summed E-state index contributed by atoms with van der Waals surface area (Å²) >= 11 is 15.2. The van der Waals surface area contributed by atoms with Crippen LogP contribution in [0.2, 0.25) is 10.0 Å². The molecule has 1 aromatic heterocycles. The first-order valence-electron chi connectivity index (χ1n) is 4.84. The normalized spacial score (nSPS) is 10.2. The molecule has 0 unspecified atom stereocenters. The number of pyridine rings is 1. The number of benzene rings is 1. The molecule has 0 N–H and O–H groups in total. The molecule has 0 aliphatic carbocycles. The van der Waals surface area contributed by atoms with Gasteiger partial charge in [0.05, 0.1) is 15.6 Å². The molecule has 0 fully saturated rings. The summed E-state index contributed by atoms with van der Waals surface area (Å²) in [4.78, 5) is 14.8. The van der Waals surface area contributed by atoms with Gasteiger partial charge in [0, 0.05) is 16.7 Å². The summed E-state index contributed by atoms with van der Waals surface area (Å²) < 4.78 is 6.15. The third-order valence-corrected chi connectivity index (χ3v) is 3.60. The molecule has 2 aromatic rings. The molecule has 0 aliphatic rings. The van der Waals surface area contributed by atoms with Crippen LogP contribution in [0.4, 0.5) is 0 Å². The fourth-order valence-corrected chi connectivity index (χ4v) is 2.10. The zero-order valence-corrected chi connectivity index (χ0v) is 12.0. The predicted molar refractivity (Wildman–Crippen MR) is 73.9 cm³/mol. The number of carbonyl (C=O) groups excluding carboxylic acids is 1. The van der Waals surface area contributed by atoms with Crippen LogP contribution in [-0.4, -0.2) is 11.3 Å². The molecule has 0 spiro atoms. The van der Waals surface area contributed by atoms with Crippen molar-refractivity contribution in [1.29, 1.82) is 0 Å². The van der Waals surface area contributed by atoms with E-state index in [1.165, 1.54) is 6.20 Å². The van der Waals surface area contributed by atoms with E-state index in [0.29, 0.717) is 32.1 Å². The van der Waals surface area contributed by atoms with E-state index in [1.54, 1.807) is 24.3 Å². The molecule has 0 saturated heterocycles. The monoisotopic (exact) mass is 345 g/mol. The Morgan fingerprint density at radius 3 is 2.78 bits per heavy atom. The molecule has 1 heterocycles. The molecule has 0 atom stereocenters. The van der Waals surface area contributed by atoms with E-state index >= 15 is 0 Å². The maximum absolute atomic E-state index is 10.8. The number of aromatic nitrogens is 1. The average molecular weight is 347 g/mol. The summed E-state index contributed by atoms with van der Waals surface area (Å²) in [5, 5.41) is 0.826. The molecule has 0 amide bonds. The topological polar surface area (TPSA) is 39.2 Å². The van der Waals surface area contributed by atoms with Crippen molar-refractivity contribution in [2.24, 2.45) is 0 Å². The number of ether oxygens (including phenoxy) is 1. The van der Waals surface area contributed by atoms with Crippen LogP contribution in [-0.2, 0) is 0 Å². The van der Waals surface area contributed by atoms with E-state index in [0.717, 1.165) is 0 Å². The summed E-state index contributed by atoms with van der Waals surface area (Å²) in [6.07, 6.45) is 2.19. The standard InChI is InChI=1S/C12H6BrCl2NO2/c13-8-4-10(15)11(5-9(8)14)18-12-7(6-17)2-1-3-16-12/h1-6H. The van der Waals surface area contributed by atoms with Crippen LogP contribution < -0.4 is 4.74 Å². The van der Waals surface area contributed by atoms with E-state index in [4.69, 9.17) is 27.9 Å². The Balaban J connectivity index is 2.40. The molecule has 3 nitrogen and oxygen atoms in total. The number of hydrogen-bond donors (Lipinski definition) is 0. The van der Waals surface area contributed by atoms with Crippen LogP contribution in [0.5, 0.6) is 11.6 Å². The van der Waals surface area contributed by atoms with Crippen molar-refractivity contribution < 1.29 is 9.53 Å². The van der Waals surface area contributed by atoms with Crippen molar-refractivity contribution in [1.82, 2.24) is 4.98 Å². The molecule has 0 saturated carbocycles. The van der Waals surface area contributed by atoms with Gasteiger partial charge in [-0.3, -0.25) is 4.79 Å². The predicted octanol–water partition coefficient (Wildman–Crippen LogP) is 4.76. The van der Waals surface area contributed by atoms with Gasteiger partial charge in [0.1, 0.15) is 5.75 Å². The summed E-state index contributed by atoms with van der Waals surface area (Å²) in [7, 11) is 0. The minimum absolute atomic E-state index is 0.188. The molecule has 6 heteroatoms. The first-order chi connectivity index (χ1) is 8.61. The van der Waals surface area contributed by atoms with Gasteiger partial charge in [-0.15, -0.1) is 0 Å². The molecular formula is C12H6BrCl2NO2. The highest BCUT2D eigenvalue weighted by Gasteiger charge is 2.10. The molecule has 0 aliphatic heterocycles. The van der Waals surface area contributed by atoms with Gasteiger partial charge in [-0.2, -0.15) is 0 Å². The van der Waals surface area contributed by atoms with Gasteiger partial charge in [-0.1, -0.05) is 23.2 Å². The third-order valence-electron chi connectivity index (χ3n) is 2.11. The number of carbonyl (C=O) groups is 1. The smallest absolute Gasteiger partial charge is 0.229 e. The van der Waals surface area contributed by atoms with E-state index in [9.17, 15) is 4.79 Å². The Kier molecular flexibility index (Phi) is 4.22. The van der Waals surface area contributed by atoms with Gasteiger partial charge < -0.3 is 4.74 Å². The summed E-state index contributed by atoms with van der Waals surface area (Å²) in [6, 6.07) is 6.41. The molecule has 92 valence electrons. The number of hydrogen-bond acceptors (Lipinski definition) is 3. The van der Waals surface area contributed by atoms with Gasteiger partial charge in [-0.25, -0.2) is 4.98 Å². The lowest BCUT2D eigenvalue weighted by molar-refractivity contribution is 0.112. The Morgan fingerprint density at radius 1 is 1.28 bits per heavy atom. The second-order valence-electron chi connectivity index (χ2n) is 3.31. The second-order valence-corrected chi connectivity index (χ2v) is 4.98. The van der Waals surface area contributed by atoms with Gasteiger partial charge in [0.2, 0.25) is 5.88 Å². The van der Waals surface area contributed by atoms with Crippen molar-refractivity contribution >= 4 is 45.4 Å². The molecule has 1 aromatic carbocycles. The maximum atomic E-state index is 10.8. The highest BCUT2D eigenvalue weighted by atomic mass is 79.9. The van der Waals surface area contributed by atoms with Crippen LogP contribution >= 0.6 is 39.1 Å². The highest BCUT2D eigenvalue weighted by Crippen LogP contribution is 2.36. The van der Waals surface area contributed by atoms with Crippen molar-refractivity contribution in [3.05, 3.63) is 50.5 Å². The fourth-order valence-electron chi connectivity index (χ4n) is 1.26. The van der Waals surface area contributed by atoms with Gasteiger partial charge >= 0.3 is 0 Å². The quantitative estimate of drug-likeness (QED) is 0.594. The first kappa shape index (κ1) is 13.3. The van der Waals surface area contributed by atoms with Crippen molar-refractivity contribution in [3.63, 3.8) is 0 Å². The first-order valence-corrected chi connectivity index (χ1v) is 6.39. The van der Waals surface area contributed by atoms with Gasteiger partial charge in [-0.05, 0) is 34.1 Å². The fraction of sp³-hybridized carbons (Fsp3) is 0. The Bertz CT molecular complexity index is 605. The molecule has 0 radical (unpaired) electrons. The lowest BCUT2D eigenvalue weighted by atomic mass is 10.3. The van der Waals surface area contributed by atoms with E-state index < -0.39 is 0 Å². The van der Waals surface area contributed by atoms with Crippen molar-refractivity contribution in [3.8, 4) is 11.6 Å².